The second-order valence-corrected chi connectivity index (χ2v) is 6.07. The van der Waals surface area contributed by atoms with Crippen LogP contribution in [0.2, 0.25) is 0 Å². The van der Waals surface area contributed by atoms with Gasteiger partial charge in [0.15, 0.2) is 0 Å². The van der Waals surface area contributed by atoms with Gasteiger partial charge in [-0.05, 0) is 30.3 Å². The van der Waals surface area contributed by atoms with E-state index in [1.54, 1.807) is 40.7 Å². The van der Waals surface area contributed by atoms with E-state index in [1.165, 1.54) is 4.90 Å². The first-order valence-corrected chi connectivity index (χ1v) is 7.83. The molecule has 0 spiro atoms. The maximum atomic E-state index is 12.6. The number of hydrogen-bond donors (Lipinski definition) is 1. The van der Waals surface area contributed by atoms with Crippen molar-refractivity contribution in [2.75, 3.05) is 0 Å². The van der Waals surface area contributed by atoms with Crippen LogP contribution >= 0.6 is 11.8 Å². The summed E-state index contributed by atoms with van der Waals surface area (Å²) < 4.78 is 1.55. The number of H-pyrrole nitrogens is 1. The third kappa shape index (κ3) is 1.89. The molecule has 0 unspecified atom stereocenters. The number of fused-ring (bicyclic) bond motifs is 3. The largest absolute Gasteiger partial charge is 0.290 e. The van der Waals surface area contributed by atoms with E-state index in [-0.39, 0.29) is 5.56 Å². The molecule has 1 aliphatic heterocycles. The Labute approximate surface area is 131 Å². The minimum atomic E-state index is -0.0262. The quantitative estimate of drug-likeness (QED) is 0.750. The van der Waals surface area contributed by atoms with Crippen LogP contribution < -0.4 is 5.56 Å². The zero-order valence-corrected chi connectivity index (χ0v) is 12.4. The minimum absolute atomic E-state index is 0.0262. The monoisotopic (exact) mass is 305 g/mol. The van der Waals surface area contributed by atoms with Crippen molar-refractivity contribution in [3.8, 4) is 23.0 Å². The highest BCUT2D eigenvalue weighted by molar-refractivity contribution is 7.98. The normalized spacial score (nSPS) is 12.3. The number of nitrogens with one attached hydrogen (secondary N) is 1. The van der Waals surface area contributed by atoms with Crippen molar-refractivity contribution in [2.24, 2.45) is 0 Å². The van der Waals surface area contributed by atoms with Crippen molar-refractivity contribution in [3.63, 3.8) is 0 Å². The summed E-state index contributed by atoms with van der Waals surface area (Å²) in [7, 11) is 0. The van der Waals surface area contributed by atoms with Crippen LogP contribution in [-0.2, 0) is 5.75 Å². The number of rotatable bonds is 1. The van der Waals surface area contributed by atoms with Gasteiger partial charge in [-0.3, -0.25) is 9.89 Å². The molecule has 4 rings (SSSR count). The van der Waals surface area contributed by atoms with Gasteiger partial charge in [0, 0.05) is 16.2 Å². The van der Waals surface area contributed by atoms with Gasteiger partial charge in [-0.1, -0.05) is 18.2 Å². The average molecular weight is 305 g/mol. The minimum Gasteiger partial charge on any atom is -0.290 e. The molecule has 4 nitrogen and oxygen atoms in total. The number of nitrogens with zero attached hydrogens (tertiary/aromatic N) is 2. The van der Waals surface area contributed by atoms with Gasteiger partial charge in [0.2, 0.25) is 0 Å². The van der Waals surface area contributed by atoms with E-state index in [4.69, 9.17) is 5.26 Å². The van der Waals surface area contributed by atoms with Crippen molar-refractivity contribution >= 4 is 11.8 Å². The van der Waals surface area contributed by atoms with Gasteiger partial charge in [0.1, 0.15) is 0 Å². The lowest BCUT2D eigenvalue weighted by molar-refractivity contribution is 0.850. The summed E-state index contributed by atoms with van der Waals surface area (Å²) in [6.45, 7) is 0. The molecule has 5 heteroatoms. The molecule has 0 aliphatic carbocycles. The van der Waals surface area contributed by atoms with E-state index >= 15 is 0 Å². The van der Waals surface area contributed by atoms with Gasteiger partial charge in [0.25, 0.3) is 5.56 Å². The molecule has 1 aliphatic rings. The molecule has 1 aromatic heterocycles. The first-order chi connectivity index (χ1) is 10.8. The third-order valence-electron chi connectivity index (χ3n) is 3.77. The zero-order valence-electron chi connectivity index (χ0n) is 11.5. The van der Waals surface area contributed by atoms with E-state index in [1.807, 2.05) is 18.2 Å². The fraction of sp³-hybridized carbons (Fsp3) is 0.0588. The lowest BCUT2D eigenvalue weighted by Crippen LogP contribution is -2.17. The second-order valence-electron chi connectivity index (χ2n) is 5.05. The lowest BCUT2D eigenvalue weighted by atomic mass is 10.1. The molecular formula is C17H11N3OS. The van der Waals surface area contributed by atoms with Gasteiger partial charge >= 0.3 is 0 Å². The second kappa shape index (κ2) is 4.93. The maximum absolute atomic E-state index is 12.6. The van der Waals surface area contributed by atoms with E-state index in [0.717, 1.165) is 22.5 Å². The van der Waals surface area contributed by atoms with E-state index < -0.39 is 0 Å². The highest BCUT2D eigenvalue weighted by atomic mass is 32.2. The van der Waals surface area contributed by atoms with Crippen molar-refractivity contribution in [3.05, 3.63) is 70.0 Å². The van der Waals surface area contributed by atoms with E-state index in [9.17, 15) is 4.79 Å². The van der Waals surface area contributed by atoms with Crippen LogP contribution in [0.15, 0.2) is 58.2 Å². The van der Waals surface area contributed by atoms with Crippen LogP contribution in [-0.4, -0.2) is 9.78 Å². The van der Waals surface area contributed by atoms with Crippen molar-refractivity contribution in [1.82, 2.24) is 9.78 Å². The smallest absolute Gasteiger partial charge is 0.275 e. The van der Waals surface area contributed by atoms with Crippen LogP contribution in [0.1, 0.15) is 11.1 Å². The first-order valence-electron chi connectivity index (χ1n) is 6.84. The van der Waals surface area contributed by atoms with Crippen LogP contribution in [0.4, 0.5) is 0 Å². The topological polar surface area (TPSA) is 61.6 Å². The van der Waals surface area contributed by atoms with Gasteiger partial charge in [-0.2, -0.15) is 5.26 Å². The Bertz CT molecular complexity index is 961. The zero-order chi connectivity index (χ0) is 15.1. The number of nitriles is 1. The summed E-state index contributed by atoms with van der Waals surface area (Å²) in [5.41, 5.74) is 4.05. The Morgan fingerprint density at radius 3 is 2.68 bits per heavy atom. The standard InChI is InChI=1S/C17H11N3OS/c18-9-11-5-7-12(8-6-11)20-17(21)14-10-22-15-4-2-1-3-13(15)16(14)19-20/h1-8,19H,10H2. The maximum Gasteiger partial charge on any atom is 0.275 e. The molecule has 22 heavy (non-hydrogen) atoms. The molecule has 3 aromatic rings. The Hall–Kier alpha value is -2.71. The van der Waals surface area contributed by atoms with Gasteiger partial charge in [-0.25, -0.2) is 4.68 Å². The van der Waals surface area contributed by atoms with Crippen LogP contribution in [0, 0.1) is 11.3 Å². The molecule has 0 saturated carbocycles. The summed E-state index contributed by atoms with van der Waals surface area (Å²) in [6.07, 6.45) is 0. The Morgan fingerprint density at radius 2 is 1.91 bits per heavy atom. The summed E-state index contributed by atoms with van der Waals surface area (Å²) in [5, 5.41) is 12.1. The van der Waals surface area contributed by atoms with Crippen LogP contribution in [0.3, 0.4) is 0 Å². The van der Waals surface area contributed by atoms with Crippen molar-refractivity contribution in [2.45, 2.75) is 10.6 Å². The average Bonchev–Trinajstić information content (AvgIpc) is 2.92. The molecule has 2 aromatic carbocycles. The molecular weight excluding hydrogens is 294 g/mol. The summed E-state index contributed by atoms with van der Waals surface area (Å²) >= 11 is 1.68. The number of hydrogen-bond acceptors (Lipinski definition) is 3. The summed E-state index contributed by atoms with van der Waals surface area (Å²) in [4.78, 5) is 13.8. The van der Waals surface area contributed by atoms with Crippen LogP contribution in [0.25, 0.3) is 16.9 Å². The number of thioether (sulfide) groups is 1. The molecule has 106 valence electrons. The number of aromatic nitrogens is 2. The highest BCUT2D eigenvalue weighted by Crippen LogP contribution is 2.39. The van der Waals surface area contributed by atoms with Gasteiger partial charge < -0.3 is 0 Å². The lowest BCUT2D eigenvalue weighted by Gasteiger charge is -2.13. The molecule has 0 atom stereocenters. The molecule has 1 N–H and O–H groups in total. The SMILES string of the molecule is N#Cc1ccc(-n2[nH]c3c(c2=O)CSc2ccccc2-3)cc1. The van der Waals surface area contributed by atoms with Gasteiger partial charge in [-0.15, -0.1) is 11.8 Å². The Balaban J connectivity index is 1.89. The van der Waals surface area contributed by atoms with Crippen LogP contribution in [0.5, 0.6) is 0 Å². The number of aromatic amines is 1. The molecule has 0 amide bonds. The first kappa shape index (κ1) is 13.0. The highest BCUT2D eigenvalue weighted by Gasteiger charge is 2.23. The predicted molar refractivity (Wildman–Crippen MR) is 86.1 cm³/mol. The fourth-order valence-electron chi connectivity index (χ4n) is 2.64. The van der Waals surface area contributed by atoms with Crippen molar-refractivity contribution < 1.29 is 0 Å². The third-order valence-corrected chi connectivity index (χ3v) is 4.87. The van der Waals surface area contributed by atoms with E-state index in [0.29, 0.717) is 11.3 Å². The molecule has 0 radical (unpaired) electrons. The number of benzene rings is 2. The molecule has 0 fully saturated rings. The van der Waals surface area contributed by atoms with Gasteiger partial charge in [0.05, 0.1) is 28.6 Å². The van der Waals surface area contributed by atoms with E-state index in [2.05, 4.69) is 17.2 Å². The summed E-state index contributed by atoms with van der Waals surface area (Å²) in [6, 6.07) is 17.1. The Kier molecular flexibility index (Phi) is 2.91. The molecule has 0 bridgehead atoms. The Morgan fingerprint density at radius 1 is 1.14 bits per heavy atom. The molecule has 2 heterocycles. The molecule has 0 saturated heterocycles. The fourth-order valence-corrected chi connectivity index (χ4v) is 3.71. The van der Waals surface area contributed by atoms with Crippen molar-refractivity contribution in [1.29, 1.82) is 5.26 Å². The summed E-state index contributed by atoms with van der Waals surface area (Å²) in [5.74, 6) is 0.672. The predicted octanol–water partition coefficient (Wildman–Crippen LogP) is 3.31.